The van der Waals surface area contributed by atoms with E-state index < -0.39 is 24.4 Å². The summed E-state index contributed by atoms with van der Waals surface area (Å²) in [5, 5.41) is 44.0. The molecule has 33 heavy (non-hydrogen) atoms. The quantitative estimate of drug-likeness (QED) is 0.279. The summed E-state index contributed by atoms with van der Waals surface area (Å²) in [5.74, 6) is 1.70. The van der Waals surface area contributed by atoms with Gasteiger partial charge in [0.2, 0.25) is 0 Å². The fourth-order valence-corrected chi connectivity index (χ4v) is 5.26. The van der Waals surface area contributed by atoms with Crippen LogP contribution in [0.15, 0.2) is 23.4 Å². The van der Waals surface area contributed by atoms with Gasteiger partial charge in [0, 0.05) is 24.1 Å². The van der Waals surface area contributed by atoms with Gasteiger partial charge in [-0.1, -0.05) is 53.2 Å². The van der Waals surface area contributed by atoms with Gasteiger partial charge in [-0.15, -0.1) is 5.10 Å². The molecule has 2 fully saturated rings. The van der Waals surface area contributed by atoms with Crippen molar-refractivity contribution in [3.05, 3.63) is 33.8 Å². The van der Waals surface area contributed by atoms with Crippen molar-refractivity contribution in [3.8, 4) is 0 Å². The smallest absolute Gasteiger partial charge is 0.191 e. The van der Waals surface area contributed by atoms with E-state index in [1.54, 1.807) is 6.07 Å². The second kappa shape index (κ2) is 9.16. The fraction of sp³-hybridized carbons (Fsp3) is 0.524. The number of thioether (sulfide) groups is 1. The van der Waals surface area contributed by atoms with Crippen molar-refractivity contribution in [2.45, 2.75) is 67.7 Å². The summed E-state index contributed by atoms with van der Waals surface area (Å²) in [6, 6.07) is 5.19. The van der Waals surface area contributed by atoms with Crippen LogP contribution in [0.2, 0.25) is 10.0 Å². The van der Waals surface area contributed by atoms with E-state index in [9.17, 15) is 15.3 Å². The molecule has 2 aliphatic carbocycles. The highest BCUT2D eigenvalue weighted by Crippen LogP contribution is 2.45. The maximum absolute atomic E-state index is 10.4. The van der Waals surface area contributed by atoms with Gasteiger partial charge in [-0.2, -0.15) is 0 Å². The molecule has 3 aromatic rings. The van der Waals surface area contributed by atoms with Crippen LogP contribution in [0.3, 0.4) is 0 Å². The predicted octanol–water partition coefficient (Wildman–Crippen LogP) is 3.03. The molecule has 0 bridgehead atoms. The molecule has 6 atom stereocenters. The molecule has 6 unspecified atom stereocenters. The van der Waals surface area contributed by atoms with Gasteiger partial charge in [-0.05, 0) is 30.5 Å². The zero-order valence-corrected chi connectivity index (χ0v) is 20.1. The lowest BCUT2D eigenvalue weighted by Crippen LogP contribution is -2.31. The third-order valence-corrected chi connectivity index (χ3v) is 7.95. The van der Waals surface area contributed by atoms with Gasteiger partial charge in [-0.3, -0.25) is 0 Å². The summed E-state index contributed by atoms with van der Waals surface area (Å²) in [6.07, 6.45) is -1.39. The number of rotatable bonds is 7. The number of nitrogens with zero attached hydrogens (tertiary/aromatic N) is 5. The molecule has 0 amide bonds. The Morgan fingerprint density at radius 1 is 1.12 bits per heavy atom. The molecule has 0 saturated heterocycles. The third-order valence-electron chi connectivity index (χ3n) is 6.16. The average molecular weight is 511 g/mol. The second-order valence-electron chi connectivity index (χ2n) is 8.53. The molecule has 9 nitrogen and oxygen atoms in total. The van der Waals surface area contributed by atoms with Crippen molar-refractivity contribution < 1.29 is 15.3 Å². The molecule has 2 saturated carbocycles. The Bertz CT molecular complexity index is 1180. The highest BCUT2D eigenvalue weighted by atomic mass is 35.5. The van der Waals surface area contributed by atoms with Gasteiger partial charge in [0.25, 0.3) is 0 Å². The Labute approximate surface area is 204 Å². The molecular formula is C21H24Cl2N6O3S. The molecular weight excluding hydrogens is 487 g/mol. The van der Waals surface area contributed by atoms with Gasteiger partial charge in [0.1, 0.15) is 12.2 Å². The highest BCUT2D eigenvalue weighted by Gasteiger charge is 2.44. The number of aliphatic hydroxyl groups excluding tert-OH is 3. The van der Waals surface area contributed by atoms with Crippen LogP contribution < -0.4 is 5.32 Å². The van der Waals surface area contributed by atoms with E-state index in [0.29, 0.717) is 32.2 Å². The Morgan fingerprint density at radius 2 is 1.94 bits per heavy atom. The number of hydrogen-bond donors (Lipinski definition) is 4. The van der Waals surface area contributed by atoms with Crippen LogP contribution in [0.25, 0.3) is 11.2 Å². The van der Waals surface area contributed by atoms with E-state index in [1.807, 2.05) is 12.1 Å². The SMILES string of the molecule is CCCSc1nc(NC2CC2c2ccc(Cl)c(Cl)c2)c2nnn(C3CC(O)C(O)C3O)c2n1. The minimum absolute atomic E-state index is 0.148. The zero-order chi connectivity index (χ0) is 23.3. The van der Waals surface area contributed by atoms with Crippen molar-refractivity contribution in [3.63, 3.8) is 0 Å². The van der Waals surface area contributed by atoms with E-state index in [0.717, 1.165) is 24.2 Å². The van der Waals surface area contributed by atoms with Gasteiger partial charge in [0.05, 0.1) is 22.2 Å². The van der Waals surface area contributed by atoms with E-state index in [4.69, 9.17) is 23.2 Å². The number of fused-ring (bicyclic) bond motifs is 1. The molecule has 2 aromatic heterocycles. The summed E-state index contributed by atoms with van der Waals surface area (Å²) in [5.41, 5.74) is 2.05. The van der Waals surface area contributed by atoms with Crippen molar-refractivity contribution in [2.24, 2.45) is 0 Å². The largest absolute Gasteiger partial charge is 0.390 e. The topological polar surface area (TPSA) is 129 Å². The Balaban J connectivity index is 1.45. The molecule has 1 aromatic carbocycles. The van der Waals surface area contributed by atoms with Crippen molar-refractivity contribution >= 4 is 51.9 Å². The van der Waals surface area contributed by atoms with E-state index in [2.05, 4.69) is 32.5 Å². The lowest BCUT2D eigenvalue weighted by atomic mass is 10.1. The van der Waals surface area contributed by atoms with Crippen LogP contribution >= 0.6 is 35.0 Å². The maximum Gasteiger partial charge on any atom is 0.191 e. The molecule has 0 aliphatic heterocycles. The van der Waals surface area contributed by atoms with Gasteiger partial charge in [-0.25, -0.2) is 14.6 Å². The zero-order valence-electron chi connectivity index (χ0n) is 17.8. The minimum Gasteiger partial charge on any atom is -0.390 e. The summed E-state index contributed by atoms with van der Waals surface area (Å²) in [6.45, 7) is 2.08. The second-order valence-corrected chi connectivity index (χ2v) is 10.4. The molecule has 0 radical (unpaired) electrons. The fourth-order valence-electron chi connectivity index (χ4n) is 4.26. The lowest BCUT2D eigenvalue weighted by molar-refractivity contribution is -0.0253. The first-order valence-corrected chi connectivity index (χ1v) is 12.6. The maximum atomic E-state index is 10.4. The normalized spacial score (nSPS) is 29.0. The van der Waals surface area contributed by atoms with Crippen molar-refractivity contribution in [2.75, 3.05) is 11.1 Å². The number of nitrogens with one attached hydrogen (secondary N) is 1. The minimum atomic E-state index is -1.24. The highest BCUT2D eigenvalue weighted by molar-refractivity contribution is 7.99. The van der Waals surface area contributed by atoms with Crippen molar-refractivity contribution in [1.29, 1.82) is 0 Å². The van der Waals surface area contributed by atoms with Crippen LogP contribution in [0.4, 0.5) is 5.82 Å². The number of aliphatic hydroxyl groups is 3. The Kier molecular flexibility index (Phi) is 6.41. The Morgan fingerprint density at radius 3 is 2.64 bits per heavy atom. The number of halogens is 2. The molecule has 2 aliphatic rings. The number of benzene rings is 1. The van der Waals surface area contributed by atoms with E-state index in [-0.39, 0.29) is 18.4 Å². The number of anilines is 1. The first-order chi connectivity index (χ1) is 15.9. The van der Waals surface area contributed by atoms with Crippen LogP contribution in [-0.4, -0.2) is 70.4 Å². The molecule has 4 N–H and O–H groups in total. The molecule has 176 valence electrons. The summed E-state index contributed by atoms with van der Waals surface area (Å²) in [7, 11) is 0. The summed E-state index contributed by atoms with van der Waals surface area (Å²) >= 11 is 13.8. The van der Waals surface area contributed by atoms with Gasteiger partial charge >= 0.3 is 0 Å². The van der Waals surface area contributed by atoms with Crippen LogP contribution in [0.1, 0.15) is 43.7 Å². The van der Waals surface area contributed by atoms with Crippen LogP contribution in [-0.2, 0) is 0 Å². The first kappa shape index (κ1) is 23.1. The predicted molar refractivity (Wildman–Crippen MR) is 127 cm³/mol. The third kappa shape index (κ3) is 4.40. The van der Waals surface area contributed by atoms with Crippen LogP contribution in [0, 0.1) is 0 Å². The van der Waals surface area contributed by atoms with Gasteiger partial charge in [0.15, 0.2) is 22.1 Å². The summed E-state index contributed by atoms with van der Waals surface area (Å²) < 4.78 is 1.49. The standard InChI is InChI=1S/C21H24Cl2N6O3S/c1-2-5-33-21-25-19(24-13-7-10(13)9-3-4-11(22)12(23)6-9)16-20(26-21)29(28-27-16)14-8-15(30)18(32)17(14)31/h3-4,6,10,13-15,17-18,30-32H,2,5,7-8H2,1H3,(H,24,25,26). The summed E-state index contributed by atoms with van der Waals surface area (Å²) in [4.78, 5) is 9.32. The molecule has 5 rings (SSSR count). The lowest BCUT2D eigenvalue weighted by Gasteiger charge is -2.16. The Hall–Kier alpha value is -1.69. The van der Waals surface area contributed by atoms with Crippen molar-refractivity contribution in [1.82, 2.24) is 25.0 Å². The number of hydrogen-bond acceptors (Lipinski definition) is 9. The monoisotopic (exact) mass is 510 g/mol. The van der Waals surface area contributed by atoms with E-state index >= 15 is 0 Å². The van der Waals surface area contributed by atoms with E-state index in [1.165, 1.54) is 16.4 Å². The molecule has 0 spiro atoms. The molecule has 2 heterocycles. The molecule has 12 heteroatoms. The first-order valence-electron chi connectivity index (χ1n) is 10.9. The van der Waals surface area contributed by atoms with Gasteiger partial charge < -0.3 is 20.6 Å². The number of aromatic nitrogens is 5. The average Bonchev–Trinajstić information content (AvgIpc) is 3.36. The van der Waals surface area contributed by atoms with Crippen LogP contribution in [0.5, 0.6) is 0 Å².